The molecular formula is C29H54O4. The summed E-state index contributed by atoms with van der Waals surface area (Å²) in [5, 5.41) is 7.60. The Bertz CT molecular complexity index is 470. The summed E-state index contributed by atoms with van der Waals surface area (Å²) in [6.07, 6.45) is 28.5. The van der Waals surface area contributed by atoms with Gasteiger partial charge in [0.2, 0.25) is 0 Å². The average Bonchev–Trinajstić information content (AvgIpc) is 2.80. The Balaban J connectivity index is 0. The van der Waals surface area contributed by atoms with Crippen LogP contribution in [0, 0.1) is 0 Å². The number of carbonyl (C=O) groups is 2. The molecule has 0 atom stereocenters. The van der Waals surface area contributed by atoms with Crippen molar-refractivity contribution < 1.29 is 19.4 Å². The smallest absolute Gasteiger partial charge is 0.333 e. The molecule has 4 nitrogen and oxygen atoms in total. The van der Waals surface area contributed by atoms with E-state index in [0.717, 1.165) is 12.5 Å². The van der Waals surface area contributed by atoms with Crippen LogP contribution in [0.1, 0.15) is 142 Å². The number of aliphatic carboxylic acids is 1. The highest BCUT2D eigenvalue weighted by atomic mass is 16.5. The Morgan fingerprint density at radius 3 is 1.18 bits per heavy atom. The molecule has 0 amide bonds. The minimum Gasteiger partial charge on any atom is -0.478 e. The van der Waals surface area contributed by atoms with E-state index in [4.69, 9.17) is 9.84 Å². The first kappa shape index (κ1) is 33.6. The van der Waals surface area contributed by atoms with Gasteiger partial charge in [-0.3, -0.25) is 0 Å². The van der Waals surface area contributed by atoms with Crippen LogP contribution >= 0.6 is 0 Å². The zero-order valence-electron chi connectivity index (χ0n) is 22.0. The number of rotatable bonds is 23. The molecule has 0 saturated heterocycles. The number of hydrogen-bond acceptors (Lipinski definition) is 3. The van der Waals surface area contributed by atoms with Crippen LogP contribution in [-0.4, -0.2) is 23.7 Å². The fourth-order valence-electron chi connectivity index (χ4n) is 3.65. The standard InChI is InChI=1S/C26H50O2.C3H4O2/c1-4-5-6-7-8-9-10-11-12-13-14-15-16-17-18-19-20-21-22-23-24-28-26(27)25(2)3;1-2-3(4)5/h2,4-24H2,1,3H3;2H,1H2,(H,4,5). The first-order valence-corrected chi connectivity index (χ1v) is 13.6. The lowest BCUT2D eigenvalue weighted by atomic mass is 10.0. The van der Waals surface area contributed by atoms with E-state index >= 15 is 0 Å². The molecule has 0 saturated carbocycles. The van der Waals surface area contributed by atoms with Crippen LogP contribution in [0.15, 0.2) is 24.8 Å². The van der Waals surface area contributed by atoms with E-state index in [9.17, 15) is 9.59 Å². The van der Waals surface area contributed by atoms with Crippen LogP contribution in [0.5, 0.6) is 0 Å². The van der Waals surface area contributed by atoms with Crippen molar-refractivity contribution in [3.63, 3.8) is 0 Å². The fourth-order valence-corrected chi connectivity index (χ4v) is 3.65. The maximum Gasteiger partial charge on any atom is 0.333 e. The summed E-state index contributed by atoms with van der Waals surface area (Å²) in [5.74, 6) is -1.23. The number of carboxylic acids is 1. The maximum atomic E-state index is 11.2. The van der Waals surface area contributed by atoms with Gasteiger partial charge in [0.1, 0.15) is 0 Å². The predicted octanol–water partition coefficient (Wildman–Crippen LogP) is 9.18. The van der Waals surface area contributed by atoms with Crippen molar-refractivity contribution in [1.29, 1.82) is 0 Å². The van der Waals surface area contributed by atoms with Crippen LogP contribution in [-0.2, 0) is 14.3 Å². The summed E-state index contributed by atoms with van der Waals surface area (Å²) < 4.78 is 5.10. The molecule has 33 heavy (non-hydrogen) atoms. The maximum absolute atomic E-state index is 11.2. The number of esters is 1. The molecule has 4 heteroatoms. The third-order valence-corrected chi connectivity index (χ3v) is 5.75. The van der Waals surface area contributed by atoms with Crippen molar-refractivity contribution in [2.75, 3.05) is 6.61 Å². The molecule has 0 aromatic heterocycles. The average molecular weight is 467 g/mol. The van der Waals surface area contributed by atoms with Crippen molar-refractivity contribution in [1.82, 2.24) is 0 Å². The molecule has 0 radical (unpaired) electrons. The first-order valence-electron chi connectivity index (χ1n) is 13.6. The highest BCUT2D eigenvalue weighted by Gasteiger charge is 2.01. The molecule has 0 heterocycles. The van der Waals surface area contributed by atoms with Gasteiger partial charge < -0.3 is 9.84 Å². The van der Waals surface area contributed by atoms with Gasteiger partial charge in [-0.2, -0.15) is 0 Å². The second-order valence-electron chi connectivity index (χ2n) is 9.18. The van der Waals surface area contributed by atoms with Gasteiger partial charge in [0.25, 0.3) is 0 Å². The van der Waals surface area contributed by atoms with Gasteiger partial charge >= 0.3 is 11.9 Å². The summed E-state index contributed by atoms with van der Waals surface area (Å²) in [6, 6.07) is 0. The number of carbonyl (C=O) groups excluding carboxylic acids is 1. The van der Waals surface area contributed by atoms with Crippen molar-refractivity contribution in [3.8, 4) is 0 Å². The molecule has 0 aromatic carbocycles. The Kier molecular flexibility index (Phi) is 29.0. The van der Waals surface area contributed by atoms with Crippen LogP contribution < -0.4 is 0 Å². The normalized spacial score (nSPS) is 10.2. The Morgan fingerprint density at radius 2 is 0.939 bits per heavy atom. The molecular weight excluding hydrogens is 412 g/mol. The second kappa shape index (κ2) is 28.5. The molecule has 0 spiro atoms. The number of carboxylic acid groups (broad SMARTS) is 1. The Labute approximate surface area is 205 Å². The predicted molar refractivity (Wildman–Crippen MR) is 142 cm³/mol. The molecule has 0 aliphatic rings. The van der Waals surface area contributed by atoms with Gasteiger partial charge in [0.05, 0.1) is 6.61 Å². The van der Waals surface area contributed by atoms with Crippen LogP contribution in [0.2, 0.25) is 0 Å². The SMILES string of the molecule is C=C(C)C(=O)OCCCCCCCCCCCCCCCCCCCCCC.C=CC(=O)O. The number of hydrogen-bond donors (Lipinski definition) is 1. The Morgan fingerprint density at radius 1 is 0.667 bits per heavy atom. The van der Waals surface area contributed by atoms with Crippen molar-refractivity contribution in [3.05, 3.63) is 24.8 Å². The van der Waals surface area contributed by atoms with Gasteiger partial charge in [-0.05, 0) is 13.3 Å². The largest absolute Gasteiger partial charge is 0.478 e. The van der Waals surface area contributed by atoms with E-state index in [1.165, 1.54) is 122 Å². The molecule has 1 N–H and O–H groups in total. The fraction of sp³-hybridized carbons (Fsp3) is 0.793. The third-order valence-electron chi connectivity index (χ3n) is 5.75. The zero-order valence-corrected chi connectivity index (χ0v) is 22.0. The Hall–Kier alpha value is -1.58. The zero-order chi connectivity index (χ0) is 25.0. The number of ether oxygens (including phenoxy) is 1. The minimum absolute atomic E-state index is 0.252. The second-order valence-corrected chi connectivity index (χ2v) is 9.18. The molecule has 0 aliphatic heterocycles. The molecule has 0 bridgehead atoms. The quantitative estimate of drug-likeness (QED) is 0.0925. The summed E-state index contributed by atoms with van der Waals surface area (Å²) in [7, 11) is 0. The summed E-state index contributed by atoms with van der Waals surface area (Å²) in [5.41, 5.74) is 0.494. The topological polar surface area (TPSA) is 63.6 Å². The highest BCUT2D eigenvalue weighted by molar-refractivity contribution is 5.86. The van der Waals surface area contributed by atoms with Crippen molar-refractivity contribution >= 4 is 11.9 Å². The lowest BCUT2D eigenvalue weighted by Gasteiger charge is -2.05. The molecule has 0 rings (SSSR count). The molecule has 0 unspecified atom stereocenters. The molecule has 194 valence electrons. The third kappa shape index (κ3) is 32.7. The minimum atomic E-state index is -0.981. The summed E-state index contributed by atoms with van der Waals surface area (Å²) >= 11 is 0. The van der Waals surface area contributed by atoms with Crippen LogP contribution in [0.25, 0.3) is 0 Å². The van der Waals surface area contributed by atoms with E-state index < -0.39 is 5.97 Å². The van der Waals surface area contributed by atoms with Gasteiger partial charge in [0.15, 0.2) is 0 Å². The van der Waals surface area contributed by atoms with E-state index in [2.05, 4.69) is 20.1 Å². The van der Waals surface area contributed by atoms with Gasteiger partial charge in [-0.1, -0.05) is 142 Å². The van der Waals surface area contributed by atoms with E-state index in [1.54, 1.807) is 6.92 Å². The van der Waals surface area contributed by atoms with Crippen molar-refractivity contribution in [2.45, 2.75) is 142 Å². The van der Waals surface area contributed by atoms with Gasteiger partial charge in [0, 0.05) is 11.6 Å². The number of unbranched alkanes of at least 4 members (excludes halogenated alkanes) is 19. The lowest BCUT2D eigenvalue weighted by molar-refractivity contribution is -0.139. The molecule has 0 fully saturated rings. The molecule has 0 aromatic rings. The van der Waals surface area contributed by atoms with Crippen molar-refractivity contribution in [2.24, 2.45) is 0 Å². The van der Waals surface area contributed by atoms with E-state index in [0.29, 0.717) is 12.2 Å². The lowest BCUT2D eigenvalue weighted by Crippen LogP contribution is -2.05. The summed E-state index contributed by atoms with van der Waals surface area (Å²) in [4.78, 5) is 20.5. The summed E-state index contributed by atoms with van der Waals surface area (Å²) in [6.45, 7) is 11.1. The monoisotopic (exact) mass is 466 g/mol. The van der Waals surface area contributed by atoms with Crippen LogP contribution in [0.3, 0.4) is 0 Å². The van der Waals surface area contributed by atoms with E-state index in [-0.39, 0.29) is 5.97 Å². The van der Waals surface area contributed by atoms with E-state index in [1.807, 2.05) is 0 Å². The first-order chi connectivity index (χ1) is 16.0. The van der Waals surface area contributed by atoms with Gasteiger partial charge in [-0.25, -0.2) is 9.59 Å². The highest BCUT2D eigenvalue weighted by Crippen LogP contribution is 2.14. The van der Waals surface area contributed by atoms with Crippen LogP contribution in [0.4, 0.5) is 0 Å². The molecule has 0 aliphatic carbocycles. The van der Waals surface area contributed by atoms with Gasteiger partial charge in [-0.15, -0.1) is 0 Å².